The third kappa shape index (κ3) is 5.87. The molecule has 0 saturated heterocycles. The maximum Gasteiger partial charge on any atom is 0.345 e. The first kappa shape index (κ1) is 25.2. The van der Waals surface area contributed by atoms with Gasteiger partial charge in [-0.2, -0.15) is 5.26 Å². The summed E-state index contributed by atoms with van der Waals surface area (Å²) in [6.07, 6.45) is 3.65. The Morgan fingerprint density at radius 3 is 2.62 bits per heavy atom. The lowest BCUT2D eigenvalue weighted by Gasteiger charge is -2.16. The van der Waals surface area contributed by atoms with Crippen molar-refractivity contribution >= 4 is 29.4 Å². The zero-order chi connectivity index (χ0) is 26.5. The molecule has 2 heterocycles. The third-order valence-corrected chi connectivity index (χ3v) is 5.75. The second-order valence-electron chi connectivity index (χ2n) is 8.46. The number of carbonyl (C=O) groups is 3. The molecule has 1 aliphatic rings. The van der Waals surface area contributed by atoms with E-state index in [2.05, 4.69) is 20.6 Å². The van der Waals surface area contributed by atoms with E-state index < -0.39 is 29.8 Å². The van der Waals surface area contributed by atoms with Crippen molar-refractivity contribution in [2.24, 2.45) is 0 Å². The first-order valence-corrected chi connectivity index (χ1v) is 11.5. The first-order valence-electron chi connectivity index (χ1n) is 11.5. The van der Waals surface area contributed by atoms with Gasteiger partial charge >= 0.3 is 12.0 Å². The Bertz CT molecular complexity index is 1390. The normalized spacial score (nSPS) is 15.8. The molecule has 10 nitrogen and oxygen atoms in total. The molecule has 188 valence electrons. The fourth-order valence-electron chi connectivity index (χ4n) is 3.82. The van der Waals surface area contributed by atoms with Crippen LogP contribution in [0.5, 0.6) is 5.75 Å². The average molecular weight is 503 g/mol. The summed E-state index contributed by atoms with van der Waals surface area (Å²) < 4.78 is 20.7. The summed E-state index contributed by atoms with van der Waals surface area (Å²) in [5.74, 6) is -2.02. The minimum absolute atomic E-state index is 0.0421. The lowest BCUT2D eigenvalue weighted by Crippen LogP contribution is -2.31. The fraction of sp³-hybridized carbons (Fsp3) is 0.231. The van der Waals surface area contributed by atoms with Crippen LogP contribution in [0.1, 0.15) is 63.9 Å². The predicted molar refractivity (Wildman–Crippen MR) is 131 cm³/mol. The van der Waals surface area contributed by atoms with E-state index in [0.717, 1.165) is 6.07 Å². The highest BCUT2D eigenvalue weighted by Crippen LogP contribution is 2.47. The number of ether oxygens (including phenoxy) is 1. The van der Waals surface area contributed by atoms with Crippen LogP contribution in [-0.4, -0.2) is 33.8 Å². The van der Waals surface area contributed by atoms with Crippen LogP contribution >= 0.6 is 0 Å². The lowest BCUT2D eigenvalue weighted by molar-refractivity contribution is 0.0729. The Morgan fingerprint density at radius 1 is 1.16 bits per heavy atom. The molecule has 0 radical (unpaired) electrons. The highest BCUT2D eigenvalue weighted by molar-refractivity contribution is 6.01. The Hall–Kier alpha value is -4.85. The van der Waals surface area contributed by atoms with Crippen LogP contribution in [0, 0.1) is 17.1 Å². The van der Waals surface area contributed by atoms with Crippen LogP contribution in [-0.2, 0) is 0 Å². The largest absolute Gasteiger partial charge is 0.422 e. The number of urea groups is 1. The molecule has 2 aromatic heterocycles. The maximum absolute atomic E-state index is 15.1. The number of nitriles is 1. The van der Waals surface area contributed by atoms with Gasteiger partial charge in [0.05, 0.1) is 16.7 Å². The van der Waals surface area contributed by atoms with E-state index in [0.29, 0.717) is 18.4 Å². The zero-order valence-electron chi connectivity index (χ0n) is 19.8. The smallest absolute Gasteiger partial charge is 0.345 e. The number of rotatable bonds is 8. The molecule has 0 spiro atoms. The number of halogens is 1. The van der Waals surface area contributed by atoms with Crippen LogP contribution in [0.4, 0.5) is 20.8 Å². The van der Waals surface area contributed by atoms with Crippen molar-refractivity contribution in [2.45, 2.75) is 38.1 Å². The molecule has 0 aliphatic heterocycles. The molecule has 11 heteroatoms. The van der Waals surface area contributed by atoms with Gasteiger partial charge < -0.3 is 15.8 Å². The summed E-state index contributed by atoms with van der Waals surface area (Å²) in [6.45, 7) is 1.83. The van der Waals surface area contributed by atoms with Crippen molar-refractivity contribution in [3.8, 4) is 11.8 Å². The van der Waals surface area contributed by atoms with Crippen molar-refractivity contribution < 1.29 is 23.5 Å². The minimum Gasteiger partial charge on any atom is -0.422 e. The quantitative estimate of drug-likeness (QED) is 0.237. The number of hydrogen-bond donors (Lipinski definition) is 3. The van der Waals surface area contributed by atoms with Crippen molar-refractivity contribution in [3.63, 3.8) is 0 Å². The van der Waals surface area contributed by atoms with Crippen LogP contribution in [0.3, 0.4) is 0 Å². The predicted octanol–water partition coefficient (Wildman–Crippen LogP) is 3.95. The van der Waals surface area contributed by atoms with Gasteiger partial charge in [0, 0.05) is 36.3 Å². The summed E-state index contributed by atoms with van der Waals surface area (Å²) in [5, 5.41) is 14.1. The monoisotopic (exact) mass is 502 g/mol. The number of nitrogens with two attached hydrogens (primary N) is 1. The van der Waals surface area contributed by atoms with Gasteiger partial charge in [-0.05, 0) is 49.2 Å². The number of anilines is 2. The topological polar surface area (TPSA) is 160 Å². The van der Waals surface area contributed by atoms with E-state index in [1.54, 1.807) is 0 Å². The minimum atomic E-state index is -0.820. The van der Waals surface area contributed by atoms with Crippen molar-refractivity contribution in [3.05, 3.63) is 76.9 Å². The van der Waals surface area contributed by atoms with Gasteiger partial charge in [-0.15, -0.1) is 0 Å². The number of benzene rings is 1. The zero-order valence-corrected chi connectivity index (χ0v) is 19.8. The van der Waals surface area contributed by atoms with E-state index in [4.69, 9.17) is 15.7 Å². The van der Waals surface area contributed by atoms with Gasteiger partial charge in [0.1, 0.15) is 29.3 Å². The summed E-state index contributed by atoms with van der Waals surface area (Å²) in [6, 6.07) is 9.18. The molecule has 2 amide bonds. The molecule has 2 unspecified atom stereocenters. The number of Topliss-reactive ketones (excluding diaryl/α,β-unsaturated/α-hetero) is 1. The van der Waals surface area contributed by atoms with Crippen LogP contribution in [0.2, 0.25) is 0 Å². The number of pyridine rings is 2. The van der Waals surface area contributed by atoms with Gasteiger partial charge in [-0.3, -0.25) is 10.1 Å². The van der Waals surface area contributed by atoms with Gasteiger partial charge in [0.2, 0.25) is 0 Å². The maximum atomic E-state index is 15.1. The fourth-order valence-corrected chi connectivity index (χ4v) is 3.82. The highest BCUT2D eigenvalue weighted by atomic mass is 19.1. The van der Waals surface area contributed by atoms with E-state index in [9.17, 15) is 14.4 Å². The standard InChI is InChI=1S/C26H23FN6O4/c1-2-3-20(34)16-6-7-18(27)23(24(16)37-25(35)15-5-8-21(29)30-13-15)17-10-19(17)32-26(36)33-22-9-4-14(11-28)12-31-22/h4-9,12-13,17,19H,2-3,10H2,1H3,(H2,29,30)(H2,31,32,33,36). The van der Waals surface area contributed by atoms with Crippen molar-refractivity contribution in [2.75, 3.05) is 11.1 Å². The first-order chi connectivity index (χ1) is 17.8. The second kappa shape index (κ2) is 10.8. The summed E-state index contributed by atoms with van der Waals surface area (Å²) in [4.78, 5) is 45.9. The molecule has 1 aliphatic carbocycles. The lowest BCUT2D eigenvalue weighted by atomic mass is 9.99. The molecule has 1 saturated carbocycles. The van der Waals surface area contributed by atoms with Crippen molar-refractivity contribution in [1.29, 1.82) is 5.26 Å². The number of carbonyl (C=O) groups excluding carboxylic acids is 3. The Morgan fingerprint density at radius 2 is 1.97 bits per heavy atom. The number of nitrogen functional groups attached to an aromatic ring is 1. The Kier molecular flexibility index (Phi) is 7.39. The van der Waals surface area contributed by atoms with E-state index >= 15 is 4.39 Å². The second-order valence-corrected chi connectivity index (χ2v) is 8.46. The molecule has 4 rings (SSSR count). The summed E-state index contributed by atoms with van der Waals surface area (Å²) in [5.41, 5.74) is 6.13. The van der Waals surface area contributed by atoms with Gasteiger partial charge in [0.25, 0.3) is 0 Å². The summed E-state index contributed by atoms with van der Waals surface area (Å²) >= 11 is 0. The molecule has 37 heavy (non-hydrogen) atoms. The Labute approximate surface area is 211 Å². The molecular formula is C26H23FN6O4. The molecule has 4 N–H and O–H groups in total. The van der Waals surface area contributed by atoms with Gasteiger partial charge in [0.15, 0.2) is 5.78 Å². The molecular weight excluding hydrogens is 479 g/mol. The number of esters is 1. The number of nitrogens with one attached hydrogen (secondary N) is 2. The van der Waals surface area contributed by atoms with Crippen LogP contribution < -0.4 is 21.1 Å². The number of aromatic nitrogens is 2. The number of hydrogen-bond acceptors (Lipinski definition) is 8. The van der Waals surface area contributed by atoms with Crippen LogP contribution in [0.15, 0.2) is 48.8 Å². The molecule has 0 bridgehead atoms. The van der Waals surface area contributed by atoms with Gasteiger partial charge in [-0.25, -0.2) is 23.9 Å². The van der Waals surface area contributed by atoms with Crippen molar-refractivity contribution in [1.82, 2.24) is 15.3 Å². The molecule has 2 atom stereocenters. The van der Waals surface area contributed by atoms with Crippen LogP contribution in [0.25, 0.3) is 0 Å². The number of amides is 2. The number of ketones is 1. The molecule has 1 aromatic carbocycles. The van der Waals surface area contributed by atoms with E-state index in [-0.39, 0.29) is 46.3 Å². The Balaban J connectivity index is 1.56. The van der Waals surface area contributed by atoms with Gasteiger partial charge in [-0.1, -0.05) is 6.92 Å². The number of nitrogens with zero attached hydrogens (tertiary/aromatic N) is 3. The third-order valence-electron chi connectivity index (χ3n) is 5.75. The molecule has 3 aromatic rings. The summed E-state index contributed by atoms with van der Waals surface area (Å²) in [7, 11) is 0. The molecule has 1 fully saturated rings. The SMILES string of the molecule is CCCC(=O)c1ccc(F)c(C2CC2NC(=O)Nc2ccc(C#N)cn2)c1OC(=O)c1ccc(N)nc1. The van der Waals surface area contributed by atoms with E-state index in [1.807, 2.05) is 13.0 Å². The highest BCUT2D eigenvalue weighted by Gasteiger charge is 2.44. The van der Waals surface area contributed by atoms with E-state index in [1.165, 1.54) is 42.7 Å². The average Bonchev–Trinajstić information content (AvgIpc) is 3.63.